The highest BCUT2D eigenvalue weighted by Crippen LogP contribution is 2.43. The van der Waals surface area contributed by atoms with Gasteiger partial charge in [0.25, 0.3) is 0 Å². The average molecular weight is 705 g/mol. The maximum atomic E-state index is 6.65. The maximum Gasteiger partial charge on any atom is 0.160 e. The molecule has 258 valence electrons. The summed E-state index contributed by atoms with van der Waals surface area (Å²) in [5.41, 5.74) is 12.9. The summed E-state index contributed by atoms with van der Waals surface area (Å²) in [5, 5.41) is 6.55. The summed E-state index contributed by atoms with van der Waals surface area (Å²) in [7, 11) is 0. The number of rotatable bonds is 5. The van der Waals surface area contributed by atoms with Crippen molar-refractivity contribution in [2.75, 3.05) is 0 Å². The number of para-hydroxylation sites is 2. The van der Waals surface area contributed by atoms with Gasteiger partial charge in [-0.15, -0.1) is 0 Å². The molecule has 11 rings (SSSR count). The van der Waals surface area contributed by atoms with E-state index in [2.05, 4.69) is 146 Å². The van der Waals surface area contributed by atoms with E-state index in [1.54, 1.807) is 0 Å². The third-order valence-electron chi connectivity index (χ3n) is 10.8. The number of amidine groups is 1. The van der Waals surface area contributed by atoms with Crippen LogP contribution in [0.3, 0.4) is 0 Å². The fraction of sp³-hybridized carbons (Fsp3) is 0.0196. The standard InChI is InChI=1S/C51H32N2O2/c1-3-14-32(15-4-1)34-21-11-24-42-48-38(22-12-27-47(48)55-50(34)42)37-28-29-39(36-19-8-7-18-35(36)37)51-52-43(33-16-5-2-6-17-33)30-31-44(53-51)40-23-13-26-46-49(40)41-20-9-10-25-45(41)54-46/h1-29,31H,30H2. The first-order chi connectivity index (χ1) is 27.3. The van der Waals surface area contributed by atoms with Crippen molar-refractivity contribution in [1.29, 1.82) is 0 Å². The van der Waals surface area contributed by atoms with Gasteiger partial charge in [0, 0.05) is 44.7 Å². The maximum absolute atomic E-state index is 6.65. The molecular formula is C51H32N2O2. The van der Waals surface area contributed by atoms with E-state index >= 15 is 0 Å². The van der Waals surface area contributed by atoms with Crippen molar-refractivity contribution in [1.82, 2.24) is 0 Å². The Balaban J connectivity index is 1.12. The summed E-state index contributed by atoms with van der Waals surface area (Å²) in [6, 6.07) is 61.1. The van der Waals surface area contributed by atoms with Gasteiger partial charge in [-0.1, -0.05) is 158 Å². The van der Waals surface area contributed by atoms with Crippen LogP contribution in [-0.2, 0) is 0 Å². The predicted molar refractivity (Wildman–Crippen MR) is 228 cm³/mol. The van der Waals surface area contributed by atoms with Crippen LogP contribution in [0.4, 0.5) is 0 Å². The minimum atomic E-state index is 0.634. The number of benzene rings is 8. The van der Waals surface area contributed by atoms with Crippen molar-refractivity contribution < 1.29 is 8.83 Å². The van der Waals surface area contributed by atoms with Crippen LogP contribution in [0.2, 0.25) is 0 Å². The number of aliphatic imine (C=N–C) groups is 2. The molecule has 0 N–H and O–H groups in total. The zero-order valence-electron chi connectivity index (χ0n) is 29.7. The number of hydrogen-bond acceptors (Lipinski definition) is 4. The topological polar surface area (TPSA) is 51.0 Å². The Kier molecular flexibility index (Phi) is 7.20. The van der Waals surface area contributed by atoms with Crippen molar-refractivity contribution in [2.45, 2.75) is 6.42 Å². The van der Waals surface area contributed by atoms with E-state index in [9.17, 15) is 0 Å². The highest BCUT2D eigenvalue weighted by Gasteiger charge is 2.22. The van der Waals surface area contributed by atoms with Crippen molar-refractivity contribution in [3.05, 3.63) is 199 Å². The molecule has 3 heterocycles. The van der Waals surface area contributed by atoms with Gasteiger partial charge in [-0.2, -0.15) is 0 Å². The molecule has 4 nitrogen and oxygen atoms in total. The minimum Gasteiger partial charge on any atom is -0.456 e. The van der Waals surface area contributed by atoms with Gasteiger partial charge in [-0.25, -0.2) is 9.98 Å². The molecular weight excluding hydrogens is 673 g/mol. The summed E-state index contributed by atoms with van der Waals surface area (Å²) in [4.78, 5) is 10.8. The van der Waals surface area contributed by atoms with Crippen molar-refractivity contribution >= 4 is 71.9 Å². The third-order valence-corrected chi connectivity index (χ3v) is 10.8. The van der Waals surface area contributed by atoms with Gasteiger partial charge in [0.05, 0.1) is 11.4 Å². The quantitative estimate of drug-likeness (QED) is 0.179. The number of hydrogen-bond donors (Lipinski definition) is 0. The van der Waals surface area contributed by atoms with E-state index < -0.39 is 0 Å². The fourth-order valence-corrected chi connectivity index (χ4v) is 8.29. The molecule has 4 heteroatoms. The highest BCUT2D eigenvalue weighted by atomic mass is 16.3. The summed E-state index contributed by atoms with van der Waals surface area (Å²) in [6.45, 7) is 0. The van der Waals surface area contributed by atoms with Gasteiger partial charge >= 0.3 is 0 Å². The molecule has 0 radical (unpaired) electrons. The molecule has 10 aromatic rings. The largest absolute Gasteiger partial charge is 0.456 e. The highest BCUT2D eigenvalue weighted by molar-refractivity contribution is 6.23. The Morgan fingerprint density at radius 2 is 0.927 bits per heavy atom. The van der Waals surface area contributed by atoms with E-state index in [0.29, 0.717) is 12.3 Å². The van der Waals surface area contributed by atoms with Crippen LogP contribution in [0, 0.1) is 0 Å². The smallest absolute Gasteiger partial charge is 0.160 e. The van der Waals surface area contributed by atoms with Crippen molar-refractivity contribution in [2.24, 2.45) is 9.98 Å². The lowest BCUT2D eigenvalue weighted by Crippen LogP contribution is -2.05. The molecule has 0 aliphatic carbocycles. The second kappa shape index (κ2) is 12.7. The average Bonchev–Trinajstić information content (AvgIpc) is 3.75. The van der Waals surface area contributed by atoms with E-state index in [4.69, 9.17) is 18.8 Å². The van der Waals surface area contributed by atoms with E-state index in [1.807, 2.05) is 36.4 Å². The van der Waals surface area contributed by atoms with Crippen LogP contribution in [0.1, 0.15) is 23.1 Å². The molecule has 0 fully saturated rings. The molecule has 0 saturated heterocycles. The van der Waals surface area contributed by atoms with Crippen LogP contribution < -0.4 is 0 Å². The van der Waals surface area contributed by atoms with E-state index in [0.717, 1.165) is 105 Å². The Morgan fingerprint density at radius 3 is 1.73 bits per heavy atom. The van der Waals surface area contributed by atoms with Gasteiger partial charge in [0.15, 0.2) is 5.84 Å². The molecule has 0 atom stereocenters. The fourth-order valence-electron chi connectivity index (χ4n) is 8.29. The first kappa shape index (κ1) is 31.2. The molecule has 1 aliphatic heterocycles. The zero-order valence-corrected chi connectivity index (χ0v) is 29.7. The van der Waals surface area contributed by atoms with Crippen LogP contribution in [0.25, 0.3) is 82.6 Å². The summed E-state index contributed by atoms with van der Waals surface area (Å²) < 4.78 is 13.0. The predicted octanol–water partition coefficient (Wildman–Crippen LogP) is 13.7. The first-order valence-electron chi connectivity index (χ1n) is 18.6. The third kappa shape index (κ3) is 5.14. The SMILES string of the molecule is C1=C(c2cccc3oc4ccccc4c23)N=C(c2ccc(-c3cccc4oc5c(-c6ccccc6)cccc5c34)c3ccccc23)N=C(c2ccccc2)C1. The molecule has 0 bridgehead atoms. The molecule has 2 aromatic heterocycles. The molecule has 0 unspecified atom stereocenters. The lowest BCUT2D eigenvalue weighted by molar-refractivity contribution is 0.669. The van der Waals surface area contributed by atoms with E-state index in [1.165, 1.54) is 0 Å². The van der Waals surface area contributed by atoms with Crippen LogP contribution in [-0.4, -0.2) is 11.5 Å². The molecule has 0 amide bonds. The minimum absolute atomic E-state index is 0.634. The number of nitrogens with zero attached hydrogens (tertiary/aromatic N) is 2. The first-order valence-corrected chi connectivity index (χ1v) is 18.6. The van der Waals surface area contributed by atoms with Crippen LogP contribution >= 0.6 is 0 Å². The molecule has 0 saturated carbocycles. The van der Waals surface area contributed by atoms with Gasteiger partial charge in [-0.05, 0) is 57.3 Å². The second-order valence-corrected chi connectivity index (χ2v) is 14.0. The Hall–Kier alpha value is -7.30. The van der Waals surface area contributed by atoms with Gasteiger partial charge in [0.2, 0.25) is 0 Å². The Morgan fingerprint density at radius 1 is 0.364 bits per heavy atom. The normalized spacial score (nSPS) is 13.3. The van der Waals surface area contributed by atoms with Crippen LogP contribution in [0.5, 0.6) is 0 Å². The Bertz CT molecular complexity index is 3220. The monoisotopic (exact) mass is 704 g/mol. The lowest BCUT2D eigenvalue weighted by atomic mass is 9.91. The van der Waals surface area contributed by atoms with Crippen molar-refractivity contribution in [3.63, 3.8) is 0 Å². The van der Waals surface area contributed by atoms with Crippen LogP contribution in [0.15, 0.2) is 201 Å². The number of fused-ring (bicyclic) bond motifs is 7. The molecule has 8 aromatic carbocycles. The summed E-state index contributed by atoms with van der Waals surface area (Å²) in [6.07, 6.45) is 2.84. The number of allylic oxidation sites excluding steroid dienone is 1. The van der Waals surface area contributed by atoms with Gasteiger partial charge in [-0.3, -0.25) is 0 Å². The van der Waals surface area contributed by atoms with Crippen molar-refractivity contribution in [3.8, 4) is 22.3 Å². The van der Waals surface area contributed by atoms with E-state index in [-0.39, 0.29) is 0 Å². The lowest BCUT2D eigenvalue weighted by Gasteiger charge is -2.13. The van der Waals surface area contributed by atoms with Gasteiger partial charge in [0.1, 0.15) is 22.3 Å². The summed E-state index contributed by atoms with van der Waals surface area (Å²) >= 11 is 0. The number of furan rings is 2. The van der Waals surface area contributed by atoms with Gasteiger partial charge < -0.3 is 8.83 Å². The molecule has 0 spiro atoms. The summed E-state index contributed by atoms with van der Waals surface area (Å²) in [5.74, 6) is 0.676. The second-order valence-electron chi connectivity index (χ2n) is 14.0. The molecule has 55 heavy (non-hydrogen) atoms. The molecule has 1 aliphatic rings. The Labute approximate surface area is 317 Å². The zero-order chi connectivity index (χ0) is 36.3.